The highest BCUT2D eigenvalue weighted by molar-refractivity contribution is 7.98. The van der Waals surface area contributed by atoms with E-state index in [2.05, 4.69) is 0 Å². The van der Waals surface area contributed by atoms with Crippen LogP contribution in [0.3, 0.4) is 0 Å². The van der Waals surface area contributed by atoms with E-state index in [1.807, 2.05) is 6.26 Å². The average Bonchev–Trinajstić information content (AvgIpc) is 2.11. The van der Waals surface area contributed by atoms with Gasteiger partial charge in [0.1, 0.15) is 0 Å². The number of thioether (sulfide) groups is 1. The highest BCUT2D eigenvalue weighted by Gasteiger charge is 2.37. The van der Waals surface area contributed by atoms with Gasteiger partial charge in [-0.15, -0.1) is 0 Å². The molecule has 0 heterocycles. The van der Waals surface area contributed by atoms with Crippen molar-refractivity contribution in [2.45, 2.75) is 31.3 Å². The maximum absolute atomic E-state index is 10.7. The minimum Gasteiger partial charge on any atom is -0.481 e. The van der Waals surface area contributed by atoms with Gasteiger partial charge >= 0.3 is 11.9 Å². The lowest BCUT2D eigenvalue weighted by Crippen LogP contribution is -2.40. The average molecular weight is 236 g/mol. The molecule has 0 amide bonds. The van der Waals surface area contributed by atoms with Crippen LogP contribution in [0.5, 0.6) is 0 Å². The third kappa shape index (κ3) is 5.64. The molecule has 88 valence electrons. The Morgan fingerprint density at radius 1 is 1.27 bits per heavy atom. The van der Waals surface area contributed by atoms with E-state index in [4.69, 9.17) is 10.2 Å². The minimum atomic E-state index is -2.12. The third-order valence-electron chi connectivity index (χ3n) is 2.03. The second kappa shape index (κ2) is 6.68. The Morgan fingerprint density at radius 2 is 1.87 bits per heavy atom. The fourth-order valence-corrected chi connectivity index (χ4v) is 1.68. The van der Waals surface area contributed by atoms with Gasteiger partial charge in [-0.3, -0.25) is 4.79 Å². The first kappa shape index (κ1) is 14.2. The lowest BCUT2D eigenvalue weighted by atomic mass is 9.93. The number of rotatable bonds is 8. The van der Waals surface area contributed by atoms with Crippen molar-refractivity contribution >= 4 is 23.7 Å². The summed E-state index contributed by atoms with van der Waals surface area (Å²) in [6, 6.07) is 0. The summed E-state index contributed by atoms with van der Waals surface area (Å²) in [6.07, 6.45) is 2.45. The molecule has 5 nitrogen and oxygen atoms in total. The van der Waals surface area contributed by atoms with Crippen molar-refractivity contribution in [1.29, 1.82) is 0 Å². The van der Waals surface area contributed by atoms with Crippen molar-refractivity contribution in [1.82, 2.24) is 0 Å². The van der Waals surface area contributed by atoms with Crippen molar-refractivity contribution in [3.05, 3.63) is 0 Å². The van der Waals surface area contributed by atoms with Crippen molar-refractivity contribution in [2.24, 2.45) is 0 Å². The number of aliphatic carboxylic acids is 2. The summed E-state index contributed by atoms with van der Waals surface area (Å²) < 4.78 is 0. The lowest BCUT2D eigenvalue weighted by Gasteiger charge is -2.20. The predicted octanol–water partition coefficient (Wildman–Crippen LogP) is 0.810. The predicted molar refractivity (Wildman–Crippen MR) is 57.1 cm³/mol. The quantitative estimate of drug-likeness (QED) is 0.540. The standard InChI is InChI=1S/C9H16O5S/c1-15-5-3-2-4-9(14,8(12)13)6-7(10)11/h14H,2-6H2,1H3,(H,10,11)(H,12,13). The topological polar surface area (TPSA) is 94.8 Å². The summed E-state index contributed by atoms with van der Waals surface area (Å²) in [6.45, 7) is 0. The summed E-state index contributed by atoms with van der Waals surface area (Å²) in [5, 5.41) is 26.8. The summed E-state index contributed by atoms with van der Waals surface area (Å²) in [7, 11) is 0. The van der Waals surface area contributed by atoms with Gasteiger partial charge in [0, 0.05) is 0 Å². The van der Waals surface area contributed by atoms with Crippen molar-refractivity contribution < 1.29 is 24.9 Å². The molecule has 3 N–H and O–H groups in total. The zero-order valence-electron chi connectivity index (χ0n) is 8.60. The van der Waals surface area contributed by atoms with Crippen LogP contribution in [0.25, 0.3) is 0 Å². The zero-order chi connectivity index (χ0) is 11.9. The van der Waals surface area contributed by atoms with Crippen LogP contribution in [-0.4, -0.2) is 44.9 Å². The molecular formula is C9H16O5S. The number of hydrogen-bond acceptors (Lipinski definition) is 4. The number of carboxylic acids is 2. The van der Waals surface area contributed by atoms with Crippen LogP contribution in [0.1, 0.15) is 25.7 Å². The molecule has 1 atom stereocenters. The van der Waals surface area contributed by atoms with E-state index in [0.717, 1.165) is 12.2 Å². The molecule has 0 aliphatic heterocycles. The monoisotopic (exact) mass is 236 g/mol. The number of hydrogen-bond donors (Lipinski definition) is 3. The van der Waals surface area contributed by atoms with Gasteiger partial charge in [0.05, 0.1) is 6.42 Å². The number of aliphatic hydroxyl groups is 1. The summed E-state index contributed by atoms with van der Waals surface area (Å²) in [5.74, 6) is -1.89. The van der Waals surface area contributed by atoms with Gasteiger partial charge in [-0.1, -0.05) is 0 Å². The van der Waals surface area contributed by atoms with Crippen molar-refractivity contribution in [3.63, 3.8) is 0 Å². The molecule has 0 aliphatic rings. The Kier molecular flexibility index (Phi) is 6.35. The molecule has 15 heavy (non-hydrogen) atoms. The Morgan fingerprint density at radius 3 is 2.27 bits per heavy atom. The van der Waals surface area contributed by atoms with Crippen LogP contribution in [0.2, 0.25) is 0 Å². The molecule has 0 saturated carbocycles. The van der Waals surface area contributed by atoms with E-state index in [9.17, 15) is 14.7 Å². The third-order valence-corrected chi connectivity index (χ3v) is 2.73. The molecule has 0 fully saturated rings. The fourth-order valence-electron chi connectivity index (χ4n) is 1.18. The van der Waals surface area contributed by atoms with E-state index in [0.29, 0.717) is 6.42 Å². The van der Waals surface area contributed by atoms with E-state index in [1.165, 1.54) is 0 Å². The number of carboxylic acid groups (broad SMARTS) is 2. The van der Waals surface area contributed by atoms with Crippen LogP contribution in [0.15, 0.2) is 0 Å². The summed E-state index contributed by atoms with van der Waals surface area (Å²) in [5.41, 5.74) is -2.12. The SMILES string of the molecule is CSCCCCC(O)(CC(=O)O)C(=O)O. The normalized spacial score (nSPS) is 14.5. The van der Waals surface area contributed by atoms with Gasteiger partial charge in [0.25, 0.3) is 0 Å². The molecule has 6 heteroatoms. The lowest BCUT2D eigenvalue weighted by molar-refractivity contribution is -0.166. The summed E-state index contributed by atoms with van der Waals surface area (Å²) in [4.78, 5) is 21.1. The van der Waals surface area contributed by atoms with Gasteiger partial charge < -0.3 is 15.3 Å². The molecule has 0 saturated heterocycles. The van der Waals surface area contributed by atoms with Gasteiger partial charge in [-0.2, -0.15) is 11.8 Å². The first-order valence-electron chi connectivity index (χ1n) is 4.59. The van der Waals surface area contributed by atoms with Crippen LogP contribution in [0.4, 0.5) is 0 Å². The van der Waals surface area contributed by atoms with Crippen LogP contribution in [0, 0.1) is 0 Å². The smallest absolute Gasteiger partial charge is 0.336 e. The zero-order valence-corrected chi connectivity index (χ0v) is 9.42. The maximum atomic E-state index is 10.7. The molecule has 1 unspecified atom stereocenters. The van der Waals surface area contributed by atoms with Gasteiger partial charge in [0.2, 0.25) is 0 Å². The van der Waals surface area contributed by atoms with Crippen LogP contribution >= 0.6 is 11.8 Å². The fraction of sp³-hybridized carbons (Fsp3) is 0.778. The minimum absolute atomic E-state index is 0.0187. The second-order valence-electron chi connectivity index (χ2n) is 3.36. The molecule has 0 aromatic rings. The van der Waals surface area contributed by atoms with Crippen LogP contribution < -0.4 is 0 Å². The Balaban J connectivity index is 4.14. The number of unbranched alkanes of at least 4 members (excludes halogenated alkanes) is 1. The first-order chi connectivity index (χ1) is 6.92. The van der Waals surface area contributed by atoms with E-state index >= 15 is 0 Å². The Hall–Kier alpha value is -0.750. The van der Waals surface area contributed by atoms with E-state index in [-0.39, 0.29) is 6.42 Å². The van der Waals surface area contributed by atoms with Crippen LogP contribution in [-0.2, 0) is 9.59 Å². The molecule has 0 aromatic heterocycles. The molecule has 0 spiro atoms. The molecule has 0 bridgehead atoms. The molecular weight excluding hydrogens is 220 g/mol. The molecule has 0 aliphatic carbocycles. The molecule has 0 aromatic carbocycles. The second-order valence-corrected chi connectivity index (χ2v) is 4.34. The Labute approximate surface area is 92.5 Å². The Bertz CT molecular complexity index is 231. The highest BCUT2D eigenvalue weighted by Crippen LogP contribution is 2.19. The van der Waals surface area contributed by atoms with E-state index in [1.54, 1.807) is 11.8 Å². The van der Waals surface area contributed by atoms with Gasteiger partial charge in [-0.25, -0.2) is 4.79 Å². The first-order valence-corrected chi connectivity index (χ1v) is 5.98. The van der Waals surface area contributed by atoms with Crippen molar-refractivity contribution in [3.8, 4) is 0 Å². The number of carbonyl (C=O) groups is 2. The molecule has 0 rings (SSSR count). The van der Waals surface area contributed by atoms with Gasteiger partial charge in [-0.05, 0) is 31.3 Å². The summed E-state index contributed by atoms with van der Waals surface area (Å²) >= 11 is 1.63. The van der Waals surface area contributed by atoms with E-state index < -0.39 is 24.0 Å². The highest BCUT2D eigenvalue weighted by atomic mass is 32.2. The largest absolute Gasteiger partial charge is 0.481 e. The molecule has 0 radical (unpaired) electrons. The van der Waals surface area contributed by atoms with Gasteiger partial charge in [0.15, 0.2) is 5.60 Å². The van der Waals surface area contributed by atoms with Crippen molar-refractivity contribution in [2.75, 3.05) is 12.0 Å². The maximum Gasteiger partial charge on any atom is 0.336 e.